The number of para-hydroxylation sites is 1. The van der Waals surface area contributed by atoms with Crippen LogP contribution in [0.15, 0.2) is 18.2 Å². The van der Waals surface area contributed by atoms with Crippen LogP contribution < -0.4 is 0 Å². The van der Waals surface area contributed by atoms with Gasteiger partial charge in [-0.3, -0.25) is 0 Å². The molecule has 1 aromatic carbocycles. The maximum absolute atomic E-state index is 11.8. The van der Waals surface area contributed by atoms with Gasteiger partial charge in [-0.05, 0) is 25.5 Å². The lowest BCUT2D eigenvalue weighted by Crippen LogP contribution is -2.06. The molecule has 0 fully saturated rings. The molecular weight excluding hydrogens is 272 g/mol. The maximum atomic E-state index is 11.8. The van der Waals surface area contributed by atoms with Gasteiger partial charge in [0.25, 0.3) is 0 Å². The molecule has 2 aromatic rings. The SMILES string of the molecule is COC(=O)c1cccc2c1nc(C)n2CCCOCCO. The zero-order valence-electron chi connectivity index (χ0n) is 12.3. The molecule has 0 radical (unpaired) electrons. The highest BCUT2D eigenvalue weighted by atomic mass is 16.5. The lowest BCUT2D eigenvalue weighted by molar-refractivity contribution is 0.0603. The third kappa shape index (κ3) is 3.40. The van der Waals surface area contributed by atoms with Gasteiger partial charge in [0.05, 0.1) is 31.4 Å². The number of methoxy groups -OCH3 is 1. The Hall–Kier alpha value is -1.92. The van der Waals surface area contributed by atoms with Crippen molar-refractivity contribution in [3.8, 4) is 0 Å². The van der Waals surface area contributed by atoms with E-state index in [2.05, 4.69) is 9.55 Å². The Morgan fingerprint density at radius 1 is 1.38 bits per heavy atom. The monoisotopic (exact) mass is 292 g/mol. The zero-order valence-corrected chi connectivity index (χ0v) is 12.3. The van der Waals surface area contributed by atoms with Crippen LogP contribution in [0.1, 0.15) is 22.6 Å². The molecule has 0 unspecified atom stereocenters. The second-order valence-corrected chi connectivity index (χ2v) is 4.67. The summed E-state index contributed by atoms with van der Waals surface area (Å²) in [5, 5.41) is 8.66. The summed E-state index contributed by atoms with van der Waals surface area (Å²) in [5.41, 5.74) is 2.06. The molecule has 0 saturated heterocycles. The number of aliphatic hydroxyl groups excluding tert-OH is 1. The first-order valence-corrected chi connectivity index (χ1v) is 6.91. The van der Waals surface area contributed by atoms with Gasteiger partial charge in [0.15, 0.2) is 0 Å². The van der Waals surface area contributed by atoms with Crippen molar-refractivity contribution in [2.24, 2.45) is 0 Å². The van der Waals surface area contributed by atoms with Gasteiger partial charge in [-0.2, -0.15) is 0 Å². The second-order valence-electron chi connectivity index (χ2n) is 4.67. The minimum Gasteiger partial charge on any atom is -0.465 e. The molecule has 6 nitrogen and oxygen atoms in total. The Balaban J connectivity index is 2.21. The van der Waals surface area contributed by atoms with Crippen LogP contribution in [0.3, 0.4) is 0 Å². The van der Waals surface area contributed by atoms with Gasteiger partial charge in [-0.1, -0.05) is 6.07 Å². The van der Waals surface area contributed by atoms with Crippen LogP contribution in [-0.2, 0) is 16.0 Å². The Morgan fingerprint density at radius 2 is 2.19 bits per heavy atom. The molecule has 21 heavy (non-hydrogen) atoms. The predicted molar refractivity (Wildman–Crippen MR) is 78.3 cm³/mol. The molecule has 0 bridgehead atoms. The van der Waals surface area contributed by atoms with E-state index in [4.69, 9.17) is 14.6 Å². The van der Waals surface area contributed by atoms with E-state index < -0.39 is 0 Å². The molecule has 1 aromatic heterocycles. The molecule has 1 heterocycles. The molecule has 0 aliphatic heterocycles. The number of carbonyl (C=O) groups is 1. The van der Waals surface area contributed by atoms with E-state index in [1.54, 1.807) is 6.07 Å². The number of hydrogen-bond donors (Lipinski definition) is 1. The van der Waals surface area contributed by atoms with Crippen molar-refractivity contribution in [1.29, 1.82) is 0 Å². The Bertz CT molecular complexity index is 621. The minimum atomic E-state index is -0.378. The Kier molecular flexibility index (Phi) is 5.30. The number of carbonyl (C=O) groups excluding carboxylic acids is 1. The number of imidazole rings is 1. The van der Waals surface area contributed by atoms with Crippen LogP contribution in [0.4, 0.5) is 0 Å². The van der Waals surface area contributed by atoms with E-state index in [1.807, 2.05) is 19.1 Å². The quantitative estimate of drug-likeness (QED) is 0.619. The van der Waals surface area contributed by atoms with Crippen molar-refractivity contribution in [2.75, 3.05) is 26.9 Å². The van der Waals surface area contributed by atoms with Crippen LogP contribution in [0.5, 0.6) is 0 Å². The molecule has 0 amide bonds. The number of nitrogens with zero attached hydrogens (tertiary/aromatic N) is 2. The molecule has 6 heteroatoms. The molecule has 0 atom stereocenters. The number of hydrogen-bond acceptors (Lipinski definition) is 5. The van der Waals surface area contributed by atoms with Gasteiger partial charge in [-0.25, -0.2) is 9.78 Å². The first kappa shape index (κ1) is 15.5. The predicted octanol–water partition coefficient (Wildman–Crippen LogP) is 1.53. The summed E-state index contributed by atoms with van der Waals surface area (Å²) in [5.74, 6) is 0.472. The van der Waals surface area contributed by atoms with E-state index in [-0.39, 0.29) is 12.6 Å². The van der Waals surface area contributed by atoms with E-state index in [9.17, 15) is 4.79 Å². The average Bonchev–Trinajstić information content (AvgIpc) is 2.82. The smallest absolute Gasteiger partial charge is 0.340 e. The van der Waals surface area contributed by atoms with Gasteiger partial charge >= 0.3 is 5.97 Å². The number of aromatic nitrogens is 2. The molecule has 0 spiro atoms. The molecule has 114 valence electrons. The van der Waals surface area contributed by atoms with Crippen LogP contribution in [0.25, 0.3) is 11.0 Å². The second kappa shape index (κ2) is 7.19. The summed E-state index contributed by atoms with van der Waals surface area (Å²) in [4.78, 5) is 16.2. The fraction of sp³-hybridized carbons (Fsp3) is 0.467. The van der Waals surface area contributed by atoms with Crippen molar-refractivity contribution in [3.63, 3.8) is 0 Å². The van der Waals surface area contributed by atoms with Crippen molar-refractivity contribution < 1.29 is 19.4 Å². The number of benzene rings is 1. The zero-order chi connectivity index (χ0) is 15.2. The summed E-state index contributed by atoms with van der Waals surface area (Å²) in [6.45, 7) is 3.63. The Labute approximate surface area is 123 Å². The van der Waals surface area contributed by atoms with Gasteiger partial charge in [0, 0.05) is 13.2 Å². The van der Waals surface area contributed by atoms with Crippen LogP contribution >= 0.6 is 0 Å². The fourth-order valence-electron chi connectivity index (χ4n) is 2.31. The molecule has 2 rings (SSSR count). The van der Waals surface area contributed by atoms with Gasteiger partial charge < -0.3 is 19.1 Å². The summed E-state index contributed by atoms with van der Waals surface area (Å²) < 4.78 is 12.1. The third-order valence-electron chi connectivity index (χ3n) is 3.28. The maximum Gasteiger partial charge on any atom is 0.340 e. The number of aryl methyl sites for hydroxylation is 2. The Morgan fingerprint density at radius 3 is 2.90 bits per heavy atom. The number of esters is 1. The van der Waals surface area contributed by atoms with Crippen molar-refractivity contribution in [2.45, 2.75) is 19.9 Å². The van der Waals surface area contributed by atoms with Crippen molar-refractivity contribution in [1.82, 2.24) is 9.55 Å². The topological polar surface area (TPSA) is 73.6 Å². The van der Waals surface area contributed by atoms with Gasteiger partial charge in [-0.15, -0.1) is 0 Å². The van der Waals surface area contributed by atoms with E-state index in [0.717, 1.165) is 24.3 Å². The number of rotatable bonds is 7. The van der Waals surface area contributed by atoms with Crippen molar-refractivity contribution in [3.05, 3.63) is 29.6 Å². The number of ether oxygens (including phenoxy) is 2. The summed E-state index contributed by atoms with van der Waals surface area (Å²) >= 11 is 0. The van der Waals surface area contributed by atoms with E-state index in [0.29, 0.717) is 24.3 Å². The summed E-state index contributed by atoms with van der Waals surface area (Å²) in [6, 6.07) is 5.49. The third-order valence-corrected chi connectivity index (χ3v) is 3.28. The summed E-state index contributed by atoms with van der Waals surface area (Å²) in [6.07, 6.45) is 0.814. The molecule has 0 saturated carbocycles. The van der Waals surface area contributed by atoms with Gasteiger partial charge in [0.1, 0.15) is 11.3 Å². The largest absolute Gasteiger partial charge is 0.465 e. The minimum absolute atomic E-state index is 0.0372. The van der Waals surface area contributed by atoms with Crippen LogP contribution in [0, 0.1) is 6.92 Å². The average molecular weight is 292 g/mol. The standard InChI is InChI=1S/C15H20N2O4/c1-11-16-14-12(15(19)20-2)5-3-6-13(14)17(11)7-4-9-21-10-8-18/h3,5-6,18H,4,7-10H2,1-2H3. The number of aliphatic hydroxyl groups is 1. The lowest BCUT2D eigenvalue weighted by atomic mass is 10.2. The highest BCUT2D eigenvalue weighted by Gasteiger charge is 2.15. The number of fused-ring (bicyclic) bond motifs is 1. The highest BCUT2D eigenvalue weighted by Crippen LogP contribution is 2.21. The highest BCUT2D eigenvalue weighted by molar-refractivity contribution is 6.02. The molecule has 1 N–H and O–H groups in total. The van der Waals surface area contributed by atoms with E-state index in [1.165, 1.54) is 7.11 Å². The lowest BCUT2D eigenvalue weighted by Gasteiger charge is -2.07. The van der Waals surface area contributed by atoms with Crippen LogP contribution in [0.2, 0.25) is 0 Å². The normalized spacial score (nSPS) is 11.0. The summed E-state index contributed by atoms with van der Waals surface area (Å²) in [7, 11) is 1.36. The van der Waals surface area contributed by atoms with Crippen LogP contribution in [-0.4, -0.2) is 47.6 Å². The van der Waals surface area contributed by atoms with E-state index >= 15 is 0 Å². The van der Waals surface area contributed by atoms with Gasteiger partial charge in [0.2, 0.25) is 0 Å². The molecular formula is C15H20N2O4. The fourth-order valence-corrected chi connectivity index (χ4v) is 2.31. The molecule has 0 aliphatic carbocycles. The van der Waals surface area contributed by atoms with Crippen molar-refractivity contribution >= 4 is 17.0 Å². The molecule has 0 aliphatic rings. The first-order valence-electron chi connectivity index (χ1n) is 6.91. The first-order chi connectivity index (χ1) is 10.2.